The Bertz CT molecular complexity index is 1780. The van der Waals surface area contributed by atoms with Crippen LogP contribution >= 0.6 is 0 Å². The fourth-order valence-corrected chi connectivity index (χ4v) is 5.26. The SMILES string of the molecule is O=C(Nc1cncc(-c2ccc3[nH]nc(-c4nc5c(-c6ccncc6)cncc5[nH]4)c3c2)c1)C1CCCC1. The molecule has 1 saturated carbocycles. The number of imidazole rings is 1. The first-order chi connectivity index (χ1) is 18.7. The van der Waals surface area contributed by atoms with Crippen LogP contribution in [0.1, 0.15) is 25.7 Å². The van der Waals surface area contributed by atoms with Crippen molar-refractivity contribution >= 4 is 33.5 Å². The molecule has 0 radical (unpaired) electrons. The van der Waals surface area contributed by atoms with Crippen LogP contribution in [0, 0.1) is 5.92 Å². The number of aromatic amines is 2. The fraction of sp³-hybridized carbons (Fsp3) is 0.172. The van der Waals surface area contributed by atoms with Gasteiger partial charge < -0.3 is 10.3 Å². The lowest BCUT2D eigenvalue weighted by molar-refractivity contribution is -0.119. The molecule has 38 heavy (non-hydrogen) atoms. The minimum absolute atomic E-state index is 0.0829. The Morgan fingerprint density at radius 1 is 0.842 bits per heavy atom. The molecular formula is C29H24N8O. The Morgan fingerprint density at radius 2 is 1.68 bits per heavy atom. The molecule has 6 aromatic rings. The maximum absolute atomic E-state index is 12.6. The van der Waals surface area contributed by atoms with Crippen LogP contribution in [0.4, 0.5) is 5.69 Å². The quantitative estimate of drug-likeness (QED) is 0.277. The molecule has 186 valence electrons. The first-order valence-electron chi connectivity index (χ1n) is 12.7. The zero-order valence-corrected chi connectivity index (χ0v) is 20.5. The maximum atomic E-state index is 12.6. The summed E-state index contributed by atoms with van der Waals surface area (Å²) in [5.41, 5.74) is 7.79. The normalized spacial score (nSPS) is 13.9. The van der Waals surface area contributed by atoms with Gasteiger partial charge >= 0.3 is 0 Å². The Balaban J connectivity index is 1.25. The van der Waals surface area contributed by atoms with Gasteiger partial charge in [-0.1, -0.05) is 18.9 Å². The summed E-state index contributed by atoms with van der Waals surface area (Å²) in [5, 5.41) is 11.7. The van der Waals surface area contributed by atoms with Crippen LogP contribution in [0.3, 0.4) is 0 Å². The van der Waals surface area contributed by atoms with Gasteiger partial charge in [-0.2, -0.15) is 5.10 Å². The van der Waals surface area contributed by atoms with Crippen molar-refractivity contribution in [2.24, 2.45) is 5.92 Å². The van der Waals surface area contributed by atoms with E-state index in [4.69, 9.17) is 4.98 Å². The van der Waals surface area contributed by atoms with Gasteiger partial charge in [0.2, 0.25) is 5.91 Å². The highest BCUT2D eigenvalue weighted by Crippen LogP contribution is 2.33. The van der Waals surface area contributed by atoms with Gasteiger partial charge in [0, 0.05) is 47.2 Å². The molecule has 7 rings (SSSR count). The predicted octanol–water partition coefficient (Wildman–Crippen LogP) is 5.75. The van der Waals surface area contributed by atoms with Crippen LogP contribution in [0.15, 0.2) is 73.6 Å². The molecule has 5 heterocycles. The lowest BCUT2D eigenvalue weighted by Gasteiger charge is -2.11. The highest BCUT2D eigenvalue weighted by atomic mass is 16.1. The second kappa shape index (κ2) is 9.19. The topological polar surface area (TPSA) is 125 Å². The van der Waals surface area contributed by atoms with E-state index in [9.17, 15) is 4.79 Å². The lowest BCUT2D eigenvalue weighted by Crippen LogP contribution is -2.20. The second-order valence-electron chi connectivity index (χ2n) is 9.67. The summed E-state index contributed by atoms with van der Waals surface area (Å²) in [5.74, 6) is 0.837. The van der Waals surface area contributed by atoms with E-state index in [0.717, 1.165) is 75.6 Å². The summed E-state index contributed by atoms with van der Waals surface area (Å²) < 4.78 is 0. The number of benzene rings is 1. The number of fused-ring (bicyclic) bond motifs is 2. The van der Waals surface area contributed by atoms with Crippen molar-refractivity contribution < 1.29 is 4.79 Å². The molecule has 0 atom stereocenters. The average molecular weight is 501 g/mol. The number of hydrogen-bond donors (Lipinski definition) is 3. The average Bonchev–Trinajstić information content (AvgIpc) is 3.73. The number of carbonyl (C=O) groups excluding carboxylic acids is 1. The molecule has 1 aromatic carbocycles. The minimum atomic E-state index is 0.0829. The Morgan fingerprint density at radius 3 is 2.55 bits per heavy atom. The van der Waals surface area contributed by atoms with Gasteiger partial charge in [0.15, 0.2) is 5.82 Å². The minimum Gasteiger partial charge on any atom is -0.335 e. The third-order valence-corrected chi connectivity index (χ3v) is 7.24. The molecule has 3 N–H and O–H groups in total. The van der Waals surface area contributed by atoms with Crippen LogP contribution < -0.4 is 5.32 Å². The Hall–Kier alpha value is -4.92. The molecular weight excluding hydrogens is 476 g/mol. The number of anilines is 1. The number of H-pyrrole nitrogens is 2. The summed E-state index contributed by atoms with van der Waals surface area (Å²) in [4.78, 5) is 33.8. The molecule has 0 saturated heterocycles. The number of nitrogens with zero attached hydrogens (tertiary/aromatic N) is 5. The van der Waals surface area contributed by atoms with Gasteiger partial charge in [0.05, 0.1) is 34.6 Å². The van der Waals surface area contributed by atoms with Crippen molar-refractivity contribution in [2.45, 2.75) is 25.7 Å². The maximum Gasteiger partial charge on any atom is 0.227 e. The van der Waals surface area contributed by atoms with Gasteiger partial charge in [0.25, 0.3) is 0 Å². The Labute approximate surface area is 217 Å². The molecule has 9 heteroatoms. The fourth-order valence-electron chi connectivity index (χ4n) is 5.26. The Kier molecular flexibility index (Phi) is 5.39. The highest BCUT2D eigenvalue weighted by Gasteiger charge is 2.23. The molecule has 5 aromatic heterocycles. The first-order valence-corrected chi connectivity index (χ1v) is 12.7. The zero-order chi connectivity index (χ0) is 25.5. The van der Waals surface area contributed by atoms with Crippen LogP contribution in [-0.4, -0.2) is 41.0 Å². The third-order valence-electron chi connectivity index (χ3n) is 7.24. The molecule has 1 fully saturated rings. The lowest BCUT2D eigenvalue weighted by atomic mass is 10.0. The van der Waals surface area contributed by atoms with E-state index in [1.165, 1.54) is 0 Å². The zero-order valence-electron chi connectivity index (χ0n) is 20.5. The van der Waals surface area contributed by atoms with Crippen molar-refractivity contribution in [1.29, 1.82) is 0 Å². The van der Waals surface area contributed by atoms with Gasteiger partial charge in [-0.05, 0) is 54.3 Å². The smallest absolute Gasteiger partial charge is 0.227 e. The highest BCUT2D eigenvalue weighted by molar-refractivity contribution is 5.98. The van der Waals surface area contributed by atoms with Gasteiger partial charge in [-0.15, -0.1) is 0 Å². The molecule has 0 unspecified atom stereocenters. The van der Waals surface area contributed by atoms with E-state index in [1.54, 1.807) is 31.0 Å². The summed E-state index contributed by atoms with van der Waals surface area (Å²) in [6.07, 6.45) is 14.8. The molecule has 1 amide bonds. The largest absolute Gasteiger partial charge is 0.335 e. The van der Waals surface area contributed by atoms with Crippen molar-refractivity contribution in [1.82, 2.24) is 35.1 Å². The molecule has 0 aliphatic heterocycles. The van der Waals surface area contributed by atoms with E-state index in [1.807, 2.05) is 36.5 Å². The number of hydrogen-bond acceptors (Lipinski definition) is 6. The number of nitrogens with one attached hydrogen (secondary N) is 3. The van der Waals surface area contributed by atoms with E-state index in [-0.39, 0.29) is 11.8 Å². The molecule has 0 bridgehead atoms. The number of aromatic nitrogens is 7. The van der Waals surface area contributed by atoms with Crippen molar-refractivity contribution in [3.05, 3.63) is 73.6 Å². The van der Waals surface area contributed by atoms with E-state index >= 15 is 0 Å². The van der Waals surface area contributed by atoms with Crippen molar-refractivity contribution in [3.8, 4) is 33.8 Å². The molecule has 1 aliphatic carbocycles. The summed E-state index contributed by atoms with van der Waals surface area (Å²) in [6.45, 7) is 0. The van der Waals surface area contributed by atoms with Gasteiger partial charge in [-0.3, -0.25) is 24.8 Å². The standard InChI is InChI=1S/C29H24N8O/c38-29(18-3-1-2-4-18)33-21-11-20(13-31-14-21)19-5-6-24-22(12-19)27(37-36-24)28-34-25-16-32-15-23(26(25)35-28)17-7-9-30-10-8-17/h5-16,18H,1-4H2,(H,33,38)(H,34,35)(H,36,37). The summed E-state index contributed by atoms with van der Waals surface area (Å²) in [6, 6.07) is 11.9. The van der Waals surface area contributed by atoms with E-state index in [2.05, 4.69) is 41.5 Å². The van der Waals surface area contributed by atoms with Crippen molar-refractivity contribution in [3.63, 3.8) is 0 Å². The van der Waals surface area contributed by atoms with Crippen molar-refractivity contribution in [2.75, 3.05) is 5.32 Å². The van der Waals surface area contributed by atoms with Gasteiger partial charge in [0.1, 0.15) is 5.69 Å². The number of carbonyl (C=O) groups is 1. The van der Waals surface area contributed by atoms with Crippen LogP contribution in [0.5, 0.6) is 0 Å². The van der Waals surface area contributed by atoms with E-state index in [0.29, 0.717) is 11.5 Å². The van der Waals surface area contributed by atoms with E-state index < -0.39 is 0 Å². The summed E-state index contributed by atoms with van der Waals surface area (Å²) >= 11 is 0. The molecule has 0 spiro atoms. The second-order valence-corrected chi connectivity index (χ2v) is 9.67. The third kappa shape index (κ3) is 3.98. The van der Waals surface area contributed by atoms with Crippen LogP contribution in [0.25, 0.3) is 55.7 Å². The van der Waals surface area contributed by atoms with Crippen LogP contribution in [-0.2, 0) is 4.79 Å². The summed E-state index contributed by atoms with van der Waals surface area (Å²) in [7, 11) is 0. The molecule has 1 aliphatic rings. The number of pyridine rings is 3. The van der Waals surface area contributed by atoms with Crippen LogP contribution in [0.2, 0.25) is 0 Å². The predicted molar refractivity (Wildman–Crippen MR) is 146 cm³/mol. The van der Waals surface area contributed by atoms with Gasteiger partial charge in [-0.25, -0.2) is 4.98 Å². The first kappa shape index (κ1) is 22.3. The number of rotatable bonds is 5. The monoisotopic (exact) mass is 500 g/mol. The molecule has 9 nitrogen and oxygen atoms in total. The number of amides is 1.